The highest BCUT2D eigenvalue weighted by Gasteiger charge is 2.40. The molecule has 0 amide bonds. The maximum atomic E-state index is 11.9. The third-order valence-electron chi connectivity index (χ3n) is 4.45. The van der Waals surface area contributed by atoms with Gasteiger partial charge in [-0.15, -0.1) is 5.10 Å². The maximum absolute atomic E-state index is 11.9. The summed E-state index contributed by atoms with van der Waals surface area (Å²) in [7, 11) is -0.559. The maximum Gasteiger partial charge on any atom is 0.356 e. The number of nitrogens with zero attached hydrogens (tertiary/aromatic N) is 2. The van der Waals surface area contributed by atoms with E-state index in [1.807, 2.05) is 0 Å². The first-order valence-corrected chi connectivity index (χ1v) is 10.4. The topological polar surface area (TPSA) is 53.4 Å². The van der Waals surface area contributed by atoms with Crippen molar-refractivity contribution < 1.29 is 14.0 Å². The molecule has 0 aromatic carbocycles. The molecule has 2 rings (SSSR count). The summed E-state index contributed by atoms with van der Waals surface area (Å²) in [4.78, 5) is 11.9. The number of esters is 1. The molecule has 1 heterocycles. The molecule has 0 N–H and O–H groups in total. The van der Waals surface area contributed by atoms with Crippen LogP contribution in [0.15, 0.2) is 6.07 Å². The monoisotopic (exact) mass is 310 g/mol. The third kappa shape index (κ3) is 3.67. The predicted molar refractivity (Wildman–Crippen MR) is 84.1 cm³/mol. The molecule has 1 aromatic rings. The van der Waals surface area contributed by atoms with Crippen molar-refractivity contribution in [3.8, 4) is 5.88 Å². The SMILES string of the molecule is COC(=O)c1cc(O[Si](C)(C)C(C)(C)C)nn1CC1CC1. The summed E-state index contributed by atoms with van der Waals surface area (Å²) in [5, 5.41) is 4.58. The van der Waals surface area contributed by atoms with Gasteiger partial charge in [-0.05, 0) is 36.9 Å². The van der Waals surface area contributed by atoms with Crippen LogP contribution in [0.2, 0.25) is 18.1 Å². The Hall–Kier alpha value is -1.30. The zero-order chi connectivity index (χ0) is 15.8. The van der Waals surface area contributed by atoms with Gasteiger partial charge in [-0.2, -0.15) is 0 Å². The van der Waals surface area contributed by atoms with E-state index in [1.165, 1.54) is 20.0 Å². The zero-order valence-corrected chi connectivity index (χ0v) is 14.9. The van der Waals surface area contributed by atoms with Gasteiger partial charge in [0, 0.05) is 12.6 Å². The van der Waals surface area contributed by atoms with Crippen LogP contribution in [0.25, 0.3) is 0 Å². The quantitative estimate of drug-likeness (QED) is 0.617. The van der Waals surface area contributed by atoms with Gasteiger partial charge in [-0.1, -0.05) is 20.8 Å². The molecule has 0 saturated heterocycles. The number of carbonyl (C=O) groups is 1. The first kappa shape index (κ1) is 16.1. The van der Waals surface area contributed by atoms with Crippen molar-refractivity contribution in [3.63, 3.8) is 0 Å². The smallest absolute Gasteiger partial charge is 0.356 e. The summed E-state index contributed by atoms with van der Waals surface area (Å²) in [6.07, 6.45) is 2.41. The third-order valence-corrected chi connectivity index (χ3v) is 8.78. The number of methoxy groups -OCH3 is 1. The van der Waals surface area contributed by atoms with Crippen LogP contribution in [0.3, 0.4) is 0 Å². The number of aromatic nitrogens is 2. The van der Waals surface area contributed by atoms with Crippen molar-refractivity contribution in [1.29, 1.82) is 0 Å². The Morgan fingerprint density at radius 3 is 2.52 bits per heavy atom. The van der Waals surface area contributed by atoms with Crippen LogP contribution in [0, 0.1) is 5.92 Å². The molecular formula is C15H26N2O3Si. The van der Waals surface area contributed by atoms with Gasteiger partial charge in [0.15, 0.2) is 0 Å². The van der Waals surface area contributed by atoms with E-state index >= 15 is 0 Å². The fraction of sp³-hybridized carbons (Fsp3) is 0.733. The molecule has 0 unspecified atom stereocenters. The summed E-state index contributed by atoms with van der Waals surface area (Å²) in [6, 6.07) is 1.72. The van der Waals surface area contributed by atoms with Crippen molar-refractivity contribution in [3.05, 3.63) is 11.8 Å². The Labute approximate surface area is 127 Å². The lowest BCUT2D eigenvalue weighted by atomic mass is 10.2. The lowest BCUT2D eigenvalue weighted by Crippen LogP contribution is -2.44. The Bertz CT molecular complexity index is 528. The van der Waals surface area contributed by atoms with E-state index in [0.717, 1.165) is 6.54 Å². The molecule has 1 saturated carbocycles. The predicted octanol–water partition coefficient (Wildman–Crippen LogP) is 3.46. The average Bonchev–Trinajstić information content (AvgIpc) is 3.08. The van der Waals surface area contributed by atoms with Crippen molar-refractivity contribution in [2.45, 2.75) is 58.3 Å². The molecule has 0 spiro atoms. The Kier molecular flexibility index (Phi) is 4.19. The normalized spacial score (nSPS) is 15.9. The van der Waals surface area contributed by atoms with Crippen LogP contribution in [-0.4, -0.2) is 31.2 Å². The van der Waals surface area contributed by atoms with Gasteiger partial charge in [0.05, 0.1) is 7.11 Å². The highest BCUT2D eigenvalue weighted by Crippen LogP contribution is 2.37. The van der Waals surface area contributed by atoms with Crippen molar-refractivity contribution in [1.82, 2.24) is 9.78 Å². The summed E-state index contributed by atoms with van der Waals surface area (Å²) in [6.45, 7) is 11.7. The van der Waals surface area contributed by atoms with Crippen molar-refractivity contribution >= 4 is 14.3 Å². The molecule has 5 nitrogen and oxygen atoms in total. The second kappa shape index (κ2) is 5.48. The number of carbonyl (C=O) groups excluding carboxylic acids is 1. The van der Waals surface area contributed by atoms with E-state index in [4.69, 9.17) is 9.16 Å². The van der Waals surface area contributed by atoms with E-state index in [9.17, 15) is 4.79 Å². The Morgan fingerprint density at radius 1 is 1.43 bits per heavy atom. The van der Waals surface area contributed by atoms with Crippen LogP contribution < -0.4 is 4.43 Å². The van der Waals surface area contributed by atoms with Gasteiger partial charge in [0.2, 0.25) is 5.88 Å². The lowest BCUT2D eigenvalue weighted by Gasteiger charge is -2.35. The molecule has 0 aliphatic heterocycles. The van der Waals surface area contributed by atoms with Crippen LogP contribution in [-0.2, 0) is 11.3 Å². The lowest BCUT2D eigenvalue weighted by molar-refractivity contribution is 0.0586. The minimum Gasteiger partial charge on any atom is -0.530 e. The van der Waals surface area contributed by atoms with Crippen LogP contribution in [0.1, 0.15) is 44.1 Å². The Balaban J connectivity index is 2.24. The van der Waals surface area contributed by atoms with E-state index in [0.29, 0.717) is 17.5 Å². The number of hydrogen-bond acceptors (Lipinski definition) is 4. The van der Waals surface area contributed by atoms with Crippen molar-refractivity contribution in [2.75, 3.05) is 7.11 Å². The molecule has 21 heavy (non-hydrogen) atoms. The molecular weight excluding hydrogens is 284 g/mol. The van der Waals surface area contributed by atoms with Gasteiger partial charge in [0.1, 0.15) is 5.69 Å². The highest BCUT2D eigenvalue weighted by molar-refractivity contribution is 6.74. The van der Waals surface area contributed by atoms with E-state index in [-0.39, 0.29) is 11.0 Å². The summed E-state index contributed by atoms with van der Waals surface area (Å²) in [5.74, 6) is 0.824. The van der Waals surface area contributed by atoms with Gasteiger partial charge < -0.3 is 9.16 Å². The van der Waals surface area contributed by atoms with Gasteiger partial charge in [0.25, 0.3) is 8.32 Å². The minimum absolute atomic E-state index is 0.0959. The molecule has 1 fully saturated rings. The average molecular weight is 310 g/mol. The van der Waals surface area contributed by atoms with Crippen LogP contribution >= 0.6 is 0 Å². The summed E-state index contributed by atoms with van der Waals surface area (Å²) < 4.78 is 12.8. The molecule has 1 aliphatic carbocycles. The number of hydrogen-bond donors (Lipinski definition) is 0. The van der Waals surface area contributed by atoms with E-state index in [1.54, 1.807) is 10.7 Å². The van der Waals surface area contributed by atoms with Crippen molar-refractivity contribution in [2.24, 2.45) is 5.92 Å². The number of rotatable bonds is 5. The Morgan fingerprint density at radius 2 is 2.05 bits per heavy atom. The standard InChI is InChI=1S/C15H26N2O3Si/c1-15(2,3)21(5,6)20-13-9-12(14(18)19-4)17(16-13)10-11-7-8-11/h9,11H,7-8,10H2,1-6H3. The van der Waals surface area contributed by atoms with E-state index in [2.05, 4.69) is 39.0 Å². The summed E-state index contributed by atoms with van der Waals surface area (Å²) in [5.41, 5.74) is 0.484. The van der Waals surface area contributed by atoms with Gasteiger partial charge >= 0.3 is 5.97 Å². The highest BCUT2D eigenvalue weighted by atomic mass is 28.4. The molecule has 6 heteroatoms. The minimum atomic E-state index is -1.95. The first-order chi connectivity index (χ1) is 9.64. The second-order valence-electron chi connectivity index (χ2n) is 7.35. The fourth-order valence-corrected chi connectivity index (χ4v) is 2.74. The molecule has 0 radical (unpaired) electrons. The number of ether oxygens (including phenoxy) is 1. The summed E-state index contributed by atoms with van der Waals surface area (Å²) >= 11 is 0. The van der Waals surface area contributed by atoms with E-state index < -0.39 is 8.32 Å². The molecule has 1 aromatic heterocycles. The largest absolute Gasteiger partial charge is 0.530 e. The molecule has 1 aliphatic rings. The first-order valence-electron chi connectivity index (χ1n) is 7.49. The van der Waals surface area contributed by atoms with Crippen LogP contribution in [0.4, 0.5) is 0 Å². The van der Waals surface area contributed by atoms with Gasteiger partial charge in [-0.3, -0.25) is 4.68 Å². The zero-order valence-electron chi connectivity index (χ0n) is 13.9. The molecule has 118 valence electrons. The molecule has 0 atom stereocenters. The van der Waals surface area contributed by atoms with Gasteiger partial charge in [-0.25, -0.2) is 4.79 Å². The van der Waals surface area contributed by atoms with Crippen LogP contribution in [0.5, 0.6) is 5.88 Å². The second-order valence-corrected chi connectivity index (χ2v) is 12.1. The molecule has 0 bridgehead atoms. The fourth-order valence-electron chi connectivity index (χ4n) is 1.81.